The van der Waals surface area contributed by atoms with Gasteiger partial charge in [-0.05, 0) is 27.2 Å². The third kappa shape index (κ3) is 2.71. The van der Waals surface area contributed by atoms with Gasteiger partial charge in [-0.3, -0.25) is 9.59 Å². The number of rotatable bonds is 5. The van der Waals surface area contributed by atoms with Crippen LogP contribution in [0.4, 0.5) is 0 Å². The Hall–Kier alpha value is -2.18. The molecule has 2 aromatic heterocycles. The summed E-state index contributed by atoms with van der Waals surface area (Å²) in [6.45, 7) is 6.01. The Morgan fingerprint density at radius 1 is 1.40 bits per heavy atom. The molecule has 0 N–H and O–H groups in total. The standard InChI is InChI=1S/C13H17N3O4/c1-4-19-10(17)6-5-7-16-13(18)12-11(8(2)14-16)9(3)20-15-12/h4-7H2,1-3H3. The van der Waals surface area contributed by atoms with E-state index < -0.39 is 0 Å². The van der Waals surface area contributed by atoms with Crippen LogP contribution in [0.25, 0.3) is 10.9 Å². The Balaban J connectivity index is 2.17. The zero-order valence-electron chi connectivity index (χ0n) is 11.8. The lowest BCUT2D eigenvalue weighted by Crippen LogP contribution is -2.24. The van der Waals surface area contributed by atoms with Crippen LogP contribution in [0.3, 0.4) is 0 Å². The number of aryl methyl sites for hydroxylation is 3. The fourth-order valence-electron chi connectivity index (χ4n) is 2.10. The molecule has 0 bridgehead atoms. The number of nitrogens with zero attached hydrogens (tertiary/aromatic N) is 3. The van der Waals surface area contributed by atoms with Crippen molar-refractivity contribution in [3.05, 3.63) is 21.8 Å². The lowest BCUT2D eigenvalue weighted by Gasteiger charge is -2.06. The monoisotopic (exact) mass is 279 g/mol. The van der Waals surface area contributed by atoms with Gasteiger partial charge in [0.05, 0.1) is 17.7 Å². The number of carbonyl (C=O) groups is 1. The van der Waals surface area contributed by atoms with Crippen molar-refractivity contribution in [3.8, 4) is 0 Å². The van der Waals surface area contributed by atoms with Crippen molar-refractivity contribution in [2.45, 2.75) is 40.2 Å². The first-order chi connectivity index (χ1) is 9.54. The number of hydrogen-bond donors (Lipinski definition) is 0. The van der Waals surface area contributed by atoms with E-state index in [1.54, 1.807) is 20.8 Å². The minimum Gasteiger partial charge on any atom is -0.466 e. The summed E-state index contributed by atoms with van der Waals surface area (Å²) in [5.74, 6) is 0.316. The molecule has 108 valence electrons. The molecule has 0 fully saturated rings. The summed E-state index contributed by atoms with van der Waals surface area (Å²) in [4.78, 5) is 23.4. The molecule has 0 amide bonds. The van der Waals surface area contributed by atoms with Crippen molar-refractivity contribution in [1.29, 1.82) is 0 Å². The van der Waals surface area contributed by atoms with Crippen LogP contribution >= 0.6 is 0 Å². The zero-order chi connectivity index (χ0) is 14.7. The molecule has 0 aliphatic carbocycles. The van der Waals surface area contributed by atoms with Gasteiger partial charge in [0.25, 0.3) is 5.56 Å². The van der Waals surface area contributed by atoms with E-state index in [1.807, 2.05) is 0 Å². The molecule has 0 aromatic carbocycles. The molecule has 2 aromatic rings. The summed E-state index contributed by atoms with van der Waals surface area (Å²) >= 11 is 0. The molecule has 7 nitrogen and oxygen atoms in total. The van der Waals surface area contributed by atoms with Gasteiger partial charge in [0, 0.05) is 13.0 Å². The van der Waals surface area contributed by atoms with Crippen LogP contribution in [-0.4, -0.2) is 27.5 Å². The lowest BCUT2D eigenvalue weighted by atomic mass is 10.2. The fourth-order valence-corrected chi connectivity index (χ4v) is 2.10. The van der Waals surface area contributed by atoms with E-state index in [0.29, 0.717) is 36.4 Å². The van der Waals surface area contributed by atoms with Gasteiger partial charge < -0.3 is 9.26 Å². The van der Waals surface area contributed by atoms with Crippen LogP contribution in [0.5, 0.6) is 0 Å². The first-order valence-electron chi connectivity index (χ1n) is 6.54. The van der Waals surface area contributed by atoms with Crippen molar-refractivity contribution >= 4 is 16.9 Å². The average molecular weight is 279 g/mol. The van der Waals surface area contributed by atoms with Crippen molar-refractivity contribution in [2.75, 3.05) is 6.61 Å². The number of hydrogen-bond acceptors (Lipinski definition) is 6. The van der Waals surface area contributed by atoms with E-state index in [0.717, 1.165) is 0 Å². The minimum absolute atomic E-state index is 0.261. The Kier molecular flexibility index (Phi) is 4.16. The van der Waals surface area contributed by atoms with Crippen molar-refractivity contribution < 1.29 is 14.1 Å². The predicted octanol–water partition coefficient (Wildman–Crippen LogP) is 1.34. The maximum Gasteiger partial charge on any atom is 0.305 e. The van der Waals surface area contributed by atoms with Gasteiger partial charge in [-0.2, -0.15) is 5.10 Å². The molecule has 7 heteroatoms. The van der Waals surface area contributed by atoms with E-state index in [9.17, 15) is 9.59 Å². The summed E-state index contributed by atoms with van der Waals surface area (Å²) in [6, 6.07) is 0. The molecular formula is C13H17N3O4. The van der Waals surface area contributed by atoms with Gasteiger partial charge in [0.2, 0.25) is 0 Å². The van der Waals surface area contributed by atoms with E-state index in [1.165, 1.54) is 4.68 Å². The first-order valence-corrected chi connectivity index (χ1v) is 6.54. The molecule has 0 saturated carbocycles. The van der Waals surface area contributed by atoms with Crippen LogP contribution in [0.15, 0.2) is 9.32 Å². The van der Waals surface area contributed by atoms with Crippen LogP contribution in [0, 0.1) is 13.8 Å². The lowest BCUT2D eigenvalue weighted by molar-refractivity contribution is -0.143. The second kappa shape index (κ2) is 5.85. The van der Waals surface area contributed by atoms with Crippen molar-refractivity contribution in [3.63, 3.8) is 0 Å². The van der Waals surface area contributed by atoms with Crippen LogP contribution in [0.1, 0.15) is 31.2 Å². The largest absolute Gasteiger partial charge is 0.466 e. The Morgan fingerprint density at radius 2 is 2.15 bits per heavy atom. The topological polar surface area (TPSA) is 87.2 Å². The van der Waals surface area contributed by atoms with Crippen LogP contribution in [0.2, 0.25) is 0 Å². The second-order valence-corrected chi connectivity index (χ2v) is 4.48. The highest BCUT2D eigenvalue weighted by molar-refractivity contribution is 5.81. The summed E-state index contributed by atoms with van der Waals surface area (Å²) in [5, 5.41) is 8.66. The number of carbonyl (C=O) groups excluding carboxylic acids is 1. The first kappa shape index (κ1) is 14.2. The molecule has 0 atom stereocenters. The molecule has 0 aliphatic rings. The van der Waals surface area contributed by atoms with E-state index in [-0.39, 0.29) is 23.5 Å². The van der Waals surface area contributed by atoms with Gasteiger partial charge in [-0.1, -0.05) is 5.16 Å². The molecule has 0 aliphatic heterocycles. The fraction of sp³-hybridized carbons (Fsp3) is 0.538. The second-order valence-electron chi connectivity index (χ2n) is 4.48. The molecule has 2 heterocycles. The third-order valence-electron chi connectivity index (χ3n) is 2.99. The zero-order valence-corrected chi connectivity index (χ0v) is 11.8. The quantitative estimate of drug-likeness (QED) is 0.768. The Labute approximate surface area is 115 Å². The predicted molar refractivity (Wildman–Crippen MR) is 71.4 cm³/mol. The van der Waals surface area contributed by atoms with Gasteiger partial charge in [0.15, 0.2) is 5.52 Å². The van der Waals surface area contributed by atoms with E-state index in [2.05, 4.69) is 10.3 Å². The normalized spacial score (nSPS) is 10.9. The van der Waals surface area contributed by atoms with Gasteiger partial charge in [0.1, 0.15) is 5.76 Å². The van der Waals surface area contributed by atoms with Gasteiger partial charge in [-0.25, -0.2) is 4.68 Å². The highest BCUT2D eigenvalue weighted by Crippen LogP contribution is 2.16. The number of esters is 1. The molecule has 0 saturated heterocycles. The summed E-state index contributed by atoms with van der Waals surface area (Å²) in [5.41, 5.74) is 0.673. The molecular weight excluding hydrogens is 262 g/mol. The highest BCUT2D eigenvalue weighted by atomic mass is 16.5. The number of fused-ring (bicyclic) bond motifs is 1. The van der Waals surface area contributed by atoms with Gasteiger partial charge in [-0.15, -0.1) is 0 Å². The summed E-state index contributed by atoms with van der Waals surface area (Å²) < 4.78 is 11.2. The van der Waals surface area contributed by atoms with Crippen molar-refractivity contribution in [1.82, 2.24) is 14.9 Å². The van der Waals surface area contributed by atoms with Crippen LogP contribution < -0.4 is 5.56 Å². The number of ether oxygens (including phenoxy) is 1. The molecule has 20 heavy (non-hydrogen) atoms. The SMILES string of the molecule is CCOC(=O)CCCn1nc(C)c2c(C)onc2c1=O. The molecule has 0 radical (unpaired) electrons. The maximum atomic E-state index is 12.2. The van der Waals surface area contributed by atoms with Crippen molar-refractivity contribution in [2.24, 2.45) is 0 Å². The molecule has 0 unspecified atom stereocenters. The van der Waals surface area contributed by atoms with E-state index >= 15 is 0 Å². The molecule has 0 spiro atoms. The molecule has 2 rings (SSSR count). The summed E-state index contributed by atoms with van der Waals surface area (Å²) in [6.07, 6.45) is 0.754. The summed E-state index contributed by atoms with van der Waals surface area (Å²) in [7, 11) is 0. The maximum absolute atomic E-state index is 12.2. The van der Waals surface area contributed by atoms with E-state index in [4.69, 9.17) is 9.26 Å². The smallest absolute Gasteiger partial charge is 0.305 e. The van der Waals surface area contributed by atoms with Gasteiger partial charge >= 0.3 is 5.97 Å². The van der Waals surface area contributed by atoms with Crippen LogP contribution in [-0.2, 0) is 16.1 Å². The highest BCUT2D eigenvalue weighted by Gasteiger charge is 2.15. The average Bonchev–Trinajstić information content (AvgIpc) is 2.78. The minimum atomic E-state index is -0.300. The number of aromatic nitrogens is 3. The Morgan fingerprint density at radius 3 is 2.85 bits per heavy atom. The Bertz CT molecular complexity index is 687. The third-order valence-corrected chi connectivity index (χ3v) is 2.99.